The zero-order chi connectivity index (χ0) is 35.2. The molecule has 4 heterocycles. The molecule has 1 unspecified atom stereocenters. The molecule has 5 aromatic rings. The van der Waals surface area contributed by atoms with Gasteiger partial charge in [0, 0.05) is 84.3 Å². The molecule has 11 nitrogen and oxygen atoms in total. The fraction of sp³-hybridized carbons (Fsp3) is 0.270. The maximum atomic E-state index is 13.1. The summed E-state index contributed by atoms with van der Waals surface area (Å²) in [6.07, 6.45) is 5.13. The number of halogens is 2. The highest BCUT2D eigenvalue weighted by molar-refractivity contribution is 6.39. The average molecular weight is 716 g/mol. The van der Waals surface area contributed by atoms with E-state index in [0.717, 1.165) is 39.8 Å². The van der Waals surface area contributed by atoms with Gasteiger partial charge in [-0.25, -0.2) is 9.97 Å². The highest BCUT2D eigenvalue weighted by atomic mass is 35.5. The number of methoxy groups -OCH3 is 1. The molecule has 0 spiro atoms. The van der Waals surface area contributed by atoms with E-state index in [0.29, 0.717) is 65.3 Å². The number of ether oxygens (including phenoxy) is 1. The van der Waals surface area contributed by atoms with E-state index in [1.54, 1.807) is 13.3 Å². The number of amides is 1. The lowest BCUT2D eigenvalue weighted by molar-refractivity contribution is -0.137. The number of carbonyl (C=O) groups excluding carboxylic acids is 1. The van der Waals surface area contributed by atoms with E-state index in [2.05, 4.69) is 20.9 Å². The summed E-state index contributed by atoms with van der Waals surface area (Å²) in [6, 6.07) is 19.1. The maximum Gasteiger partial charge on any atom is 0.303 e. The number of benzene rings is 2. The zero-order valence-electron chi connectivity index (χ0n) is 27.3. The normalized spacial score (nSPS) is 14.2. The fourth-order valence-electron chi connectivity index (χ4n) is 6.03. The third kappa shape index (κ3) is 7.81. The minimum atomic E-state index is -0.851. The molecule has 1 amide bonds. The predicted octanol–water partition coefficient (Wildman–Crippen LogP) is 5.73. The van der Waals surface area contributed by atoms with Gasteiger partial charge in [-0.3, -0.25) is 18.8 Å². The Hall–Kier alpha value is -4.81. The molecule has 1 aliphatic heterocycles. The van der Waals surface area contributed by atoms with Crippen molar-refractivity contribution in [3.8, 4) is 39.4 Å². The van der Waals surface area contributed by atoms with Gasteiger partial charge < -0.3 is 25.8 Å². The first kappa shape index (κ1) is 35.0. The van der Waals surface area contributed by atoms with Gasteiger partial charge in [-0.1, -0.05) is 65.7 Å². The van der Waals surface area contributed by atoms with Crippen LogP contribution >= 0.6 is 23.2 Å². The van der Waals surface area contributed by atoms with Crippen LogP contribution in [0.2, 0.25) is 10.0 Å². The van der Waals surface area contributed by atoms with Crippen molar-refractivity contribution in [1.82, 2.24) is 30.3 Å². The topological polar surface area (TPSA) is 147 Å². The highest BCUT2D eigenvalue weighted by Gasteiger charge is 2.21. The molecule has 0 bridgehead atoms. The predicted molar refractivity (Wildman–Crippen MR) is 194 cm³/mol. The van der Waals surface area contributed by atoms with Crippen molar-refractivity contribution in [3.05, 3.63) is 105 Å². The Balaban J connectivity index is 1.22. The number of nitrogens with zero attached hydrogens (tertiary/aromatic N) is 3. The first-order valence-corrected chi connectivity index (χ1v) is 17.0. The van der Waals surface area contributed by atoms with Crippen LogP contribution in [0, 0.1) is 0 Å². The molecule has 0 radical (unpaired) electrons. The van der Waals surface area contributed by atoms with Gasteiger partial charge in [-0.15, -0.1) is 0 Å². The fourth-order valence-corrected chi connectivity index (χ4v) is 6.69. The molecule has 1 atom stereocenters. The molecular formula is C37H36Cl2N6O5. The lowest BCUT2D eigenvalue weighted by Gasteiger charge is -2.16. The molecule has 3 aromatic heterocycles. The van der Waals surface area contributed by atoms with E-state index >= 15 is 0 Å². The Morgan fingerprint density at radius 2 is 1.70 bits per heavy atom. The number of rotatable bonds is 14. The lowest BCUT2D eigenvalue weighted by atomic mass is 9.97. The Bertz CT molecular complexity index is 2120. The summed E-state index contributed by atoms with van der Waals surface area (Å²) >= 11 is 14.1. The van der Waals surface area contributed by atoms with Crippen molar-refractivity contribution in [1.29, 1.82) is 0 Å². The molecule has 1 aliphatic rings. The van der Waals surface area contributed by atoms with Gasteiger partial charge in [-0.2, -0.15) is 0 Å². The Kier molecular flexibility index (Phi) is 11.1. The number of hydrogen-bond donors (Lipinski definition) is 4. The molecule has 258 valence electrons. The summed E-state index contributed by atoms with van der Waals surface area (Å²) in [4.78, 5) is 44.6. The summed E-state index contributed by atoms with van der Waals surface area (Å²) in [5.74, 6) is -0.282. The molecule has 1 saturated heterocycles. The standard InChI is InChI=1S/C37H36Cl2N6O5/c1-50-36-23(18-41-21-25-11-13-32(46)43-25)10-12-30(44-36)29-8-3-7-28(35(29)39)27-6-2-5-26(34(27)38)22-14-16-45-31(17-22)42-20-24(37(45)49)19-40-15-4-9-33(47)48/h2-3,5-8,10,12,14,16-17,20,25,40-41H,4,9,11,13,15,18-19,21H2,1H3,(H,43,46)(H,47,48). The van der Waals surface area contributed by atoms with Crippen LogP contribution in [0.15, 0.2) is 77.9 Å². The summed E-state index contributed by atoms with van der Waals surface area (Å²) < 4.78 is 7.11. The summed E-state index contributed by atoms with van der Waals surface area (Å²) in [6.45, 7) is 1.96. The molecule has 6 rings (SSSR count). The van der Waals surface area contributed by atoms with Crippen molar-refractivity contribution < 1.29 is 19.4 Å². The SMILES string of the molecule is COc1nc(-c2cccc(-c3cccc(-c4ccn5c(=O)c(CNCCCC(=O)O)cnc5c4)c3Cl)c2Cl)ccc1CNCC1CCC(=O)N1. The molecule has 2 aromatic carbocycles. The van der Waals surface area contributed by atoms with Crippen LogP contribution in [-0.4, -0.2) is 57.6 Å². The number of fused-ring (bicyclic) bond motifs is 1. The number of pyridine rings is 2. The van der Waals surface area contributed by atoms with Gasteiger partial charge >= 0.3 is 5.97 Å². The largest absolute Gasteiger partial charge is 0.481 e. The lowest BCUT2D eigenvalue weighted by Crippen LogP contribution is -2.35. The first-order valence-electron chi connectivity index (χ1n) is 16.3. The highest BCUT2D eigenvalue weighted by Crippen LogP contribution is 2.42. The number of nitrogens with one attached hydrogen (secondary N) is 3. The quantitative estimate of drug-likeness (QED) is 0.106. The van der Waals surface area contributed by atoms with Crippen LogP contribution in [0.1, 0.15) is 36.8 Å². The second kappa shape index (κ2) is 15.8. The van der Waals surface area contributed by atoms with Crippen molar-refractivity contribution in [2.75, 3.05) is 20.2 Å². The number of carboxylic acid groups (broad SMARTS) is 1. The van der Waals surface area contributed by atoms with Crippen LogP contribution in [-0.2, 0) is 22.7 Å². The van der Waals surface area contributed by atoms with Gasteiger partial charge in [0.25, 0.3) is 5.56 Å². The third-order valence-electron chi connectivity index (χ3n) is 8.64. The van der Waals surface area contributed by atoms with Crippen molar-refractivity contribution in [2.45, 2.75) is 44.8 Å². The number of carboxylic acids is 1. The smallest absolute Gasteiger partial charge is 0.303 e. The second-order valence-corrected chi connectivity index (χ2v) is 12.8. The van der Waals surface area contributed by atoms with Crippen LogP contribution < -0.4 is 26.2 Å². The van der Waals surface area contributed by atoms with Crippen LogP contribution in [0.4, 0.5) is 0 Å². The zero-order valence-corrected chi connectivity index (χ0v) is 28.9. The number of aliphatic carboxylic acids is 1. The van der Waals surface area contributed by atoms with Gasteiger partial charge in [0.15, 0.2) is 0 Å². The first-order chi connectivity index (χ1) is 24.2. The Labute approximate surface area is 298 Å². The number of carbonyl (C=O) groups is 2. The number of hydrogen-bond acceptors (Lipinski definition) is 8. The Morgan fingerprint density at radius 1 is 0.980 bits per heavy atom. The van der Waals surface area contributed by atoms with Gasteiger partial charge in [-0.05, 0) is 43.1 Å². The van der Waals surface area contributed by atoms with E-state index in [1.165, 1.54) is 10.6 Å². The maximum absolute atomic E-state index is 13.1. The molecule has 1 fully saturated rings. The molecule has 50 heavy (non-hydrogen) atoms. The molecule has 0 aliphatic carbocycles. The molecular weight excluding hydrogens is 679 g/mol. The van der Waals surface area contributed by atoms with E-state index in [9.17, 15) is 14.4 Å². The summed E-state index contributed by atoms with van der Waals surface area (Å²) in [7, 11) is 1.58. The van der Waals surface area contributed by atoms with E-state index in [-0.39, 0.29) is 30.5 Å². The van der Waals surface area contributed by atoms with Gasteiger partial charge in [0.05, 0.1) is 22.8 Å². The van der Waals surface area contributed by atoms with E-state index in [4.69, 9.17) is 38.0 Å². The third-order valence-corrected chi connectivity index (χ3v) is 9.45. The van der Waals surface area contributed by atoms with Gasteiger partial charge in [0.1, 0.15) is 5.65 Å². The van der Waals surface area contributed by atoms with Crippen molar-refractivity contribution >= 4 is 40.7 Å². The van der Waals surface area contributed by atoms with Crippen LogP contribution in [0.5, 0.6) is 5.88 Å². The minimum absolute atomic E-state index is 0.0654. The second-order valence-electron chi connectivity index (χ2n) is 12.0. The monoisotopic (exact) mass is 714 g/mol. The van der Waals surface area contributed by atoms with Gasteiger partial charge in [0.2, 0.25) is 11.8 Å². The van der Waals surface area contributed by atoms with Crippen molar-refractivity contribution in [2.24, 2.45) is 0 Å². The molecule has 13 heteroatoms. The average Bonchev–Trinajstić information content (AvgIpc) is 3.53. The molecule has 0 saturated carbocycles. The Morgan fingerprint density at radius 3 is 2.42 bits per heavy atom. The summed E-state index contributed by atoms with van der Waals surface area (Å²) in [5.41, 5.74) is 5.99. The van der Waals surface area contributed by atoms with Crippen LogP contribution in [0.25, 0.3) is 39.2 Å². The minimum Gasteiger partial charge on any atom is -0.481 e. The van der Waals surface area contributed by atoms with E-state index in [1.807, 2.05) is 60.7 Å². The van der Waals surface area contributed by atoms with Crippen molar-refractivity contribution in [3.63, 3.8) is 0 Å². The van der Waals surface area contributed by atoms with Crippen LogP contribution in [0.3, 0.4) is 0 Å². The van der Waals surface area contributed by atoms with E-state index < -0.39 is 5.97 Å². The number of aromatic nitrogens is 3. The summed E-state index contributed by atoms with van der Waals surface area (Å²) in [5, 5.41) is 19.2. The molecule has 4 N–H and O–H groups in total.